The predicted octanol–water partition coefficient (Wildman–Crippen LogP) is 3.42. The van der Waals surface area contributed by atoms with Gasteiger partial charge in [-0.2, -0.15) is 5.26 Å². The van der Waals surface area contributed by atoms with E-state index in [1.807, 2.05) is 18.2 Å². The largest absolute Gasteiger partial charge is 0.304 e. The lowest BCUT2D eigenvalue weighted by atomic mass is 9.94. The highest BCUT2D eigenvalue weighted by Crippen LogP contribution is 2.40. The molecule has 0 amide bonds. The molecule has 1 aliphatic carbocycles. The monoisotopic (exact) mass is 228 g/mol. The normalized spacial score (nSPS) is 17.5. The second-order valence-corrected chi connectivity index (χ2v) is 5.47. The van der Waals surface area contributed by atoms with Crippen LogP contribution in [0.1, 0.15) is 44.7 Å². The highest BCUT2D eigenvalue weighted by atomic mass is 15.0. The third-order valence-electron chi connectivity index (χ3n) is 3.64. The van der Waals surface area contributed by atoms with Crippen molar-refractivity contribution in [3.05, 3.63) is 35.9 Å². The van der Waals surface area contributed by atoms with Crippen molar-refractivity contribution in [2.75, 3.05) is 0 Å². The zero-order valence-electron chi connectivity index (χ0n) is 10.6. The van der Waals surface area contributed by atoms with Crippen molar-refractivity contribution >= 4 is 0 Å². The lowest BCUT2D eigenvalue weighted by Gasteiger charge is -2.31. The van der Waals surface area contributed by atoms with Crippen LogP contribution in [-0.2, 0) is 0 Å². The minimum Gasteiger partial charge on any atom is -0.304 e. The standard InChI is InChI=1S/C15H20N2/c1-15(2,13-8-9-13)17-14(10-11-16)12-6-4-3-5-7-12/h3-7,13-14,17H,8-10H2,1-2H3. The van der Waals surface area contributed by atoms with E-state index in [0.717, 1.165) is 5.92 Å². The van der Waals surface area contributed by atoms with Crippen molar-refractivity contribution in [1.82, 2.24) is 5.32 Å². The smallest absolute Gasteiger partial charge is 0.0641 e. The number of nitrogens with zero attached hydrogens (tertiary/aromatic N) is 1. The fraction of sp³-hybridized carbons (Fsp3) is 0.533. The molecule has 0 heterocycles. The van der Waals surface area contributed by atoms with Crippen LogP contribution in [0.15, 0.2) is 30.3 Å². The van der Waals surface area contributed by atoms with Crippen LogP contribution in [0, 0.1) is 17.2 Å². The van der Waals surface area contributed by atoms with Crippen molar-refractivity contribution in [2.45, 2.75) is 44.7 Å². The van der Waals surface area contributed by atoms with E-state index in [4.69, 9.17) is 5.26 Å². The molecule has 0 bridgehead atoms. The topological polar surface area (TPSA) is 35.8 Å². The van der Waals surface area contributed by atoms with Crippen molar-refractivity contribution < 1.29 is 0 Å². The van der Waals surface area contributed by atoms with E-state index in [0.29, 0.717) is 6.42 Å². The molecule has 0 saturated heterocycles. The summed E-state index contributed by atoms with van der Waals surface area (Å²) in [5.74, 6) is 0.771. The van der Waals surface area contributed by atoms with Gasteiger partial charge in [-0.25, -0.2) is 0 Å². The van der Waals surface area contributed by atoms with Crippen LogP contribution in [-0.4, -0.2) is 5.54 Å². The van der Waals surface area contributed by atoms with Gasteiger partial charge in [0.2, 0.25) is 0 Å². The Hall–Kier alpha value is -1.33. The third kappa shape index (κ3) is 3.08. The molecule has 2 heteroatoms. The summed E-state index contributed by atoms with van der Waals surface area (Å²) in [6, 6.07) is 12.7. The summed E-state index contributed by atoms with van der Waals surface area (Å²) in [4.78, 5) is 0. The molecule has 0 spiro atoms. The molecular formula is C15H20N2. The minimum absolute atomic E-state index is 0.136. The molecule has 1 aromatic rings. The summed E-state index contributed by atoms with van der Waals surface area (Å²) in [5, 5.41) is 12.6. The first-order valence-corrected chi connectivity index (χ1v) is 6.33. The number of rotatable bonds is 5. The Kier molecular flexibility index (Phi) is 3.49. The molecule has 1 unspecified atom stereocenters. The Bertz CT molecular complexity index is 399. The number of hydrogen-bond acceptors (Lipinski definition) is 2. The zero-order chi connectivity index (χ0) is 12.3. The first-order valence-electron chi connectivity index (χ1n) is 6.33. The molecule has 1 aliphatic rings. The highest BCUT2D eigenvalue weighted by Gasteiger charge is 2.38. The Morgan fingerprint density at radius 2 is 2.00 bits per heavy atom. The SMILES string of the molecule is CC(C)(NC(CC#N)c1ccccc1)C1CC1. The molecule has 0 aliphatic heterocycles. The molecule has 1 saturated carbocycles. The molecule has 1 atom stereocenters. The second kappa shape index (κ2) is 4.89. The highest BCUT2D eigenvalue weighted by molar-refractivity contribution is 5.20. The summed E-state index contributed by atoms with van der Waals surface area (Å²) in [5.41, 5.74) is 1.35. The van der Waals surface area contributed by atoms with Gasteiger partial charge in [-0.15, -0.1) is 0 Å². The number of benzene rings is 1. The molecule has 2 rings (SSSR count). The molecule has 90 valence electrons. The number of hydrogen-bond donors (Lipinski definition) is 1. The number of nitriles is 1. The molecule has 1 fully saturated rings. The van der Waals surface area contributed by atoms with Crippen molar-refractivity contribution in [1.29, 1.82) is 5.26 Å². The summed E-state index contributed by atoms with van der Waals surface area (Å²) in [7, 11) is 0. The van der Waals surface area contributed by atoms with Gasteiger partial charge in [-0.1, -0.05) is 30.3 Å². The van der Waals surface area contributed by atoms with Crippen LogP contribution in [0.2, 0.25) is 0 Å². The van der Waals surface area contributed by atoms with Gasteiger partial charge in [-0.05, 0) is 38.2 Å². The van der Waals surface area contributed by atoms with Crippen LogP contribution >= 0.6 is 0 Å². The Morgan fingerprint density at radius 3 is 2.53 bits per heavy atom. The van der Waals surface area contributed by atoms with Crippen molar-refractivity contribution in [2.24, 2.45) is 5.92 Å². The Labute approximate surface area is 104 Å². The third-order valence-corrected chi connectivity index (χ3v) is 3.64. The first kappa shape index (κ1) is 12.1. The van der Waals surface area contributed by atoms with Gasteiger partial charge >= 0.3 is 0 Å². The lowest BCUT2D eigenvalue weighted by molar-refractivity contribution is 0.300. The summed E-state index contributed by atoms with van der Waals surface area (Å²) >= 11 is 0. The van der Waals surface area contributed by atoms with Crippen LogP contribution in [0.25, 0.3) is 0 Å². The van der Waals surface area contributed by atoms with E-state index in [9.17, 15) is 0 Å². The fourth-order valence-electron chi connectivity index (χ4n) is 2.40. The Balaban J connectivity index is 2.10. The van der Waals surface area contributed by atoms with E-state index >= 15 is 0 Å². The Morgan fingerprint density at radius 1 is 1.35 bits per heavy atom. The van der Waals surface area contributed by atoms with Crippen molar-refractivity contribution in [3.63, 3.8) is 0 Å². The maximum absolute atomic E-state index is 8.96. The fourth-order valence-corrected chi connectivity index (χ4v) is 2.40. The van der Waals surface area contributed by atoms with Gasteiger partial charge in [-0.3, -0.25) is 0 Å². The van der Waals surface area contributed by atoms with Crippen LogP contribution in [0.5, 0.6) is 0 Å². The molecule has 0 radical (unpaired) electrons. The summed E-state index contributed by atoms with van der Waals surface area (Å²) in [6.07, 6.45) is 3.16. The molecule has 17 heavy (non-hydrogen) atoms. The lowest BCUT2D eigenvalue weighted by Crippen LogP contribution is -2.43. The first-order chi connectivity index (χ1) is 8.13. The molecule has 1 aromatic carbocycles. The van der Waals surface area contributed by atoms with Crippen LogP contribution < -0.4 is 5.32 Å². The molecule has 1 N–H and O–H groups in total. The van der Waals surface area contributed by atoms with Gasteiger partial charge in [0.1, 0.15) is 0 Å². The van der Waals surface area contributed by atoms with Crippen LogP contribution in [0.4, 0.5) is 0 Å². The van der Waals surface area contributed by atoms with Gasteiger partial charge in [0.05, 0.1) is 12.5 Å². The minimum atomic E-state index is 0.136. The van der Waals surface area contributed by atoms with E-state index in [2.05, 4.69) is 37.4 Å². The maximum atomic E-state index is 8.96. The van der Waals surface area contributed by atoms with Gasteiger partial charge in [0.15, 0.2) is 0 Å². The predicted molar refractivity (Wildman–Crippen MR) is 69.4 cm³/mol. The van der Waals surface area contributed by atoms with Crippen LogP contribution in [0.3, 0.4) is 0 Å². The van der Waals surface area contributed by atoms with Gasteiger partial charge in [0.25, 0.3) is 0 Å². The van der Waals surface area contributed by atoms with E-state index in [-0.39, 0.29) is 11.6 Å². The summed E-state index contributed by atoms with van der Waals surface area (Å²) < 4.78 is 0. The zero-order valence-corrected chi connectivity index (χ0v) is 10.6. The van der Waals surface area contributed by atoms with E-state index in [1.165, 1.54) is 18.4 Å². The quantitative estimate of drug-likeness (QED) is 0.838. The average Bonchev–Trinajstić information content (AvgIpc) is 3.13. The number of nitrogens with one attached hydrogen (secondary N) is 1. The summed E-state index contributed by atoms with van der Waals surface area (Å²) in [6.45, 7) is 4.50. The molecule has 0 aromatic heterocycles. The average molecular weight is 228 g/mol. The van der Waals surface area contributed by atoms with Gasteiger partial charge in [0, 0.05) is 11.6 Å². The second-order valence-electron chi connectivity index (χ2n) is 5.47. The van der Waals surface area contributed by atoms with E-state index < -0.39 is 0 Å². The van der Waals surface area contributed by atoms with Crippen molar-refractivity contribution in [3.8, 4) is 6.07 Å². The molecular weight excluding hydrogens is 208 g/mol. The maximum Gasteiger partial charge on any atom is 0.0641 e. The van der Waals surface area contributed by atoms with Gasteiger partial charge < -0.3 is 5.32 Å². The molecule has 2 nitrogen and oxygen atoms in total. The van der Waals surface area contributed by atoms with E-state index in [1.54, 1.807) is 0 Å².